The van der Waals surface area contributed by atoms with Gasteiger partial charge in [-0.1, -0.05) is 200 Å². The van der Waals surface area contributed by atoms with Crippen molar-refractivity contribution in [2.24, 2.45) is 0 Å². The molecule has 12 rings (SSSR count). The maximum atomic E-state index is 2.42. The van der Waals surface area contributed by atoms with E-state index in [1.165, 1.54) is 81.0 Å². The van der Waals surface area contributed by atoms with Gasteiger partial charge in [0.15, 0.2) is 0 Å². The summed E-state index contributed by atoms with van der Waals surface area (Å²) in [5.41, 5.74) is 17.6. The van der Waals surface area contributed by atoms with Gasteiger partial charge in [0.05, 0.1) is 5.69 Å². The summed E-state index contributed by atoms with van der Waals surface area (Å²) in [6.45, 7) is 0. The van der Waals surface area contributed by atoms with Crippen LogP contribution >= 0.6 is 11.3 Å². The minimum Gasteiger partial charge on any atom is -0.310 e. The first kappa shape index (κ1) is 39.3. The summed E-state index contributed by atoms with van der Waals surface area (Å²) in [7, 11) is 0. The van der Waals surface area contributed by atoms with Crippen LogP contribution in [0.3, 0.4) is 0 Å². The average Bonchev–Trinajstić information content (AvgIpc) is 3.79. The summed E-state index contributed by atoms with van der Waals surface area (Å²) in [4.78, 5) is 2.42. The highest BCUT2D eigenvalue weighted by atomic mass is 32.1. The number of para-hydroxylation sites is 1. The summed E-state index contributed by atoms with van der Waals surface area (Å²) in [6.07, 6.45) is 0. The zero-order valence-electron chi connectivity index (χ0n) is 36.2. The molecule has 11 aromatic carbocycles. The minimum absolute atomic E-state index is 1.08. The lowest BCUT2D eigenvalue weighted by molar-refractivity contribution is 1.28. The van der Waals surface area contributed by atoms with Crippen LogP contribution in [-0.4, -0.2) is 0 Å². The molecule has 0 spiro atoms. The van der Waals surface area contributed by atoms with E-state index in [1.54, 1.807) is 0 Å². The van der Waals surface area contributed by atoms with Crippen LogP contribution in [-0.2, 0) is 0 Å². The highest BCUT2D eigenvalue weighted by Crippen LogP contribution is 2.45. The highest BCUT2D eigenvalue weighted by molar-refractivity contribution is 7.26. The van der Waals surface area contributed by atoms with Gasteiger partial charge in [-0.2, -0.15) is 0 Å². The maximum Gasteiger partial charge on any atom is 0.0540 e. The number of hydrogen-bond donors (Lipinski definition) is 0. The molecule has 310 valence electrons. The van der Waals surface area contributed by atoms with Crippen molar-refractivity contribution >= 4 is 59.3 Å². The third kappa shape index (κ3) is 7.34. The second kappa shape index (κ2) is 17.0. The molecule has 0 aliphatic carbocycles. The lowest BCUT2D eigenvalue weighted by Gasteiger charge is -2.28. The van der Waals surface area contributed by atoms with Crippen molar-refractivity contribution in [3.05, 3.63) is 261 Å². The van der Waals surface area contributed by atoms with Gasteiger partial charge < -0.3 is 4.90 Å². The van der Waals surface area contributed by atoms with Crippen LogP contribution in [0.25, 0.3) is 97.7 Å². The summed E-state index contributed by atoms with van der Waals surface area (Å²) in [5.74, 6) is 0. The molecule has 0 unspecified atom stereocenters. The number of hydrogen-bond acceptors (Lipinski definition) is 2. The normalized spacial score (nSPS) is 11.3. The van der Waals surface area contributed by atoms with E-state index < -0.39 is 0 Å². The van der Waals surface area contributed by atoms with Gasteiger partial charge in [0, 0.05) is 37.1 Å². The average molecular weight is 858 g/mol. The lowest BCUT2D eigenvalue weighted by Crippen LogP contribution is -2.11. The molecular formula is C64H43NS. The monoisotopic (exact) mass is 857 g/mol. The van der Waals surface area contributed by atoms with E-state index in [-0.39, 0.29) is 0 Å². The number of fused-ring (bicyclic) bond motifs is 4. The molecule has 0 amide bonds. The summed E-state index contributed by atoms with van der Waals surface area (Å²) < 4.78 is 2.64. The molecule has 1 aromatic heterocycles. The Morgan fingerprint density at radius 1 is 0.258 bits per heavy atom. The van der Waals surface area contributed by atoms with Crippen molar-refractivity contribution in [2.45, 2.75) is 0 Å². The Kier molecular flexibility index (Phi) is 10.1. The number of benzene rings is 11. The Balaban J connectivity index is 0.986. The zero-order chi connectivity index (χ0) is 43.8. The van der Waals surface area contributed by atoms with Crippen molar-refractivity contribution < 1.29 is 0 Å². The van der Waals surface area contributed by atoms with E-state index in [2.05, 4.69) is 266 Å². The van der Waals surface area contributed by atoms with E-state index in [9.17, 15) is 0 Å². The van der Waals surface area contributed by atoms with Gasteiger partial charge in [-0.3, -0.25) is 0 Å². The van der Waals surface area contributed by atoms with Crippen molar-refractivity contribution in [2.75, 3.05) is 4.90 Å². The van der Waals surface area contributed by atoms with Gasteiger partial charge in [0.2, 0.25) is 0 Å². The molecule has 2 heteroatoms. The lowest BCUT2D eigenvalue weighted by atomic mass is 9.93. The van der Waals surface area contributed by atoms with E-state index >= 15 is 0 Å². The maximum absolute atomic E-state index is 2.42. The Bertz CT molecular complexity index is 3620. The molecule has 0 aliphatic rings. The van der Waals surface area contributed by atoms with E-state index in [0.29, 0.717) is 0 Å². The molecule has 0 radical (unpaired) electrons. The van der Waals surface area contributed by atoms with Crippen LogP contribution in [0.4, 0.5) is 17.1 Å². The first-order chi connectivity index (χ1) is 32.7. The standard InChI is InChI=1S/C64H43NS/c1-3-16-44(17-4-1)51-41-52(45-18-5-2-6-19-45)43-53(42-51)46-32-36-54(37-33-46)65(55-38-34-48(35-39-55)59-28-15-29-61-60-26-10-12-31-63(60)66-64(59)61)62-30-11-9-25-58(62)50-23-13-22-49(40-50)57-27-14-21-47-20-7-8-24-56(47)57/h1-43H. The van der Waals surface area contributed by atoms with Gasteiger partial charge in [-0.15, -0.1) is 11.3 Å². The van der Waals surface area contributed by atoms with Crippen molar-refractivity contribution in [1.29, 1.82) is 0 Å². The van der Waals surface area contributed by atoms with E-state index in [1.807, 2.05) is 11.3 Å². The van der Waals surface area contributed by atoms with Crippen LogP contribution in [0.2, 0.25) is 0 Å². The number of anilines is 3. The molecule has 1 heterocycles. The molecule has 0 saturated carbocycles. The molecule has 1 nitrogen and oxygen atoms in total. The third-order valence-corrected chi connectivity index (χ3v) is 14.1. The first-order valence-electron chi connectivity index (χ1n) is 22.6. The fourth-order valence-corrected chi connectivity index (χ4v) is 10.9. The molecule has 0 bridgehead atoms. The predicted molar refractivity (Wildman–Crippen MR) is 284 cm³/mol. The Morgan fingerprint density at radius 3 is 1.39 bits per heavy atom. The number of thiophene rings is 1. The topological polar surface area (TPSA) is 3.24 Å². The Morgan fingerprint density at radius 2 is 0.697 bits per heavy atom. The van der Waals surface area contributed by atoms with E-state index in [4.69, 9.17) is 0 Å². The smallest absolute Gasteiger partial charge is 0.0540 e. The van der Waals surface area contributed by atoms with Crippen LogP contribution in [0.5, 0.6) is 0 Å². The second-order valence-electron chi connectivity index (χ2n) is 16.9. The van der Waals surface area contributed by atoms with Crippen molar-refractivity contribution in [3.8, 4) is 66.8 Å². The summed E-state index contributed by atoms with van der Waals surface area (Å²) in [6, 6.07) is 95.2. The first-order valence-corrected chi connectivity index (χ1v) is 23.4. The second-order valence-corrected chi connectivity index (χ2v) is 17.9. The number of rotatable bonds is 9. The molecule has 0 saturated heterocycles. The summed E-state index contributed by atoms with van der Waals surface area (Å²) >= 11 is 1.87. The molecular weight excluding hydrogens is 815 g/mol. The van der Waals surface area contributed by atoms with Crippen LogP contribution in [0.15, 0.2) is 261 Å². The molecule has 0 fully saturated rings. The van der Waals surface area contributed by atoms with Crippen LogP contribution < -0.4 is 4.90 Å². The fraction of sp³-hybridized carbons (Fsp3) is 0. The van der Waals surface area contributed by atoms with Gasteiger partial charge in [0.1, 0.15) is 0 Å². The minimum atomic E-state index is 1.08. The largest absolute Gasteiger partial charge is 0.310 e. The Labute approximate surface area is 389 Å². The zero-order valence-corrected chi connectivity index (χ0v) is 37.0. The molecule has 0 aliphatic heterocycles. The summed E-state index contributed by atoms with van der Waals surface area (Å²) in [5, 5.41) is 5.12. The van der Waals surface area contributed by atoms with Gasteiger partial charge in [-0.25, -0.2) is 0 Å². The van der Waals surface area contributed by atoms with Gasteiger partial charge >= 0.3 is 0 Å². The fourth-order valence-electron chi connectivity index (χ4n) is 9.63. The third-order valence-electron chi connectivity index (χ3n) is 12.9. The van der Waals surface area contributed by atoms with Gasteiger partial charge in [-0.05, 0) is 133 Å². The molecule has 12 aromatic rings. The van der Waals surface area contributed by atoms with Crippen LogP contribution in [0.1, 0.15) is 0 Å². The van der Waals surface area contributed by atoms with Gasteiger partial charge in [0.25, 0.3) is 0 Å². The van der Waals surface area contributed by atoms with Crippen molar-refractivity contribution in [3.63, 3.8) is 0 Å². The Hall–Kier alpha value is -8.30. The molecule has 66 heavy (non-hydrogen) atoms. The predicted octanol–water partition coefficient (Wildman–Crippen LogP) is 18.7. The SMILES string of the molecule is c1ccc(-c2cc(-c3ccccc3)cc(-c3ccc(N(c4ccc(-c5cccc6c5sc5ccccc56)cc4)c4ccccc4-c4cccc(-c5cccc6ccccc56)c4)cc3)c2)cc1. The van der Waals surface area contributed by atoms with E-state index in [0.717, 1.165) is 33.8 Å². The van der Waals surface area contributed by atoms with Crippen LogP contribution in [0, 0.1) is 0 Å². The molecule has 0 atom stereocenters. The highest BCUT2D eigenvalue weighted by Gasteiger charge is 2.19. The molecule has 0 N–H and O–H groups in total. The number of nitrogens with zero attached hydrogens (tertiary/aromatic N) is 1. The quantitative estimate of drug-likeness (QED) is 0.140. The van der Waals surface area contributed by atoms with Crippen molar-refractivity contribution in [1.82, 2.24) is 0 Å².